The van der Waals surface area contributed by atoms with Gasteiger partial charge in [0.2, 0.25) is 0 Å². The van der Waals surface area contributed by atoms with Crippen molar-refractivity contribution in [2.45, 2.75) is 32.6 Å². The molecule has 5 heteroatoms. The Morgan fingerprint density at radius 2 is 2.22 bits per heavy atom. The highest BCUT2D eigenvalue weighted by Crippen LogP contribution is 2.34. The van der Waals surface area contributed by atoms with Crippen molar-refractivity contribution >= 4 is 21.7 Å². The number of nitrogens with one attached hydrogen (secondary N) is 1. The minimum atomic E-state index is -0.259. The standard InChI is InChI=1S/C18H24BrNO3/c1-4-6-8-14(20-9-7-5-2)12-16(21)15-10-13(19)11-17(23-3)18(15)22/h4,10-12,20,22H,1,5-9H2,2-3H3/b14-12-. The van der Waals surface area contributed by atoms with Crippen LogP contribution in [0.2, 0.25) is 0 Å². The van der Waals surface area contributed by atoms with E-state index in [-0.39, 0.29) is 22.8 Å². The molecule has 0 radical (unpaired) electrons. The van der Waals surface area contributed by atoms with Gasteiger partial charge < -0.3 is 15.2 Å². The number of rotatable bonds is 10. The summed E-state index contributed by atoms with van der Waals surface area (Å²) >= 11 is 3.32. The van der Waals surface area contributed by atoms with E-state index in [1.165, 1.54) is 7.11 Å². The summed E-state index contributed by atoms with van der Waals surface area (Å²) in [4.78, 5) is 12.5. The summed E-state index contributed by atoms with van der Waals surface area (Å²) in [5, 5.41) is 13.4. The first kappa shape index (κ1) is 19.3. The minimum Gasteiger partial charge on any atom is -0.504 e. The second kappa shape index (κ2) is 10.1. The molecule has 0 heterocycles. The number of hydrogen-bond donors (Lipinski definition) is 2. The molecule has 0 bridgehead atoms. The van der Waals surface area contributed by atoms with Crippen LogP contribution in [-0.2, 0) is 0 Å². The van der Waals surface area contributed by atoms with Crippen LogP contribution < -0.4 is 10.1 Å². The fourth-order valence-corrected chi connectivity index (χ4v) is 2.49. The van der Waals surface area contributed by atoms with E-state index < -0.39 is 0 Å². The summed E-state index contributed by atoms with van der Waals surface area (Å²) in [6.07, 6.45) is 6.98. The number of carbonyl (C=O) groups excluding carboxylic acids is 1. The van der Waals surface area contributed by atoms with Gasteiger partial charge in [-0.05, 0) is 31.4 Å². The van der Waals surface area contributed by atoms with Gasteiger partial charge >= 0.3 is 0 Å². The molecule has 4 nitrogen and oxygen atoms in total. The first-order valence-corrected chi connectivity index (χ1v) is 8.48. The van der Waals surface area contributed by atoms with Crippen LogP contribution in [0.3, 0.4) is 0 Å². The van der Waals surface area contributed by atoms with Gasteiger partial charge in [0.25, 0.3) is 0 Å². The molecule has 1 rings (SSSR count). The van der Waals surface area contributed by atoms with Crippen molar-refractivity contribution in [2.75, 3.05) is 13.7 Å². The largest absolute Gasteiger partial charge is 0.504 e. The Kier molecular flexibility index (Phi) is 8.48. The zero-order valence-corrected chi connectivity index (χ0v) is 15.3. The van der Waals surface area contributed by atoms with E-state index in [2.05, 4.69) is 34.7 Å². The van der Waals surface area contributed by atoms with Crippen LogP contribution >= 0.6 is 15.9 Å². The van der Waals surface area contributed by atoms with E-state index in [1.54, 1.807) is 18.2 Å². The number of halogens is 1. The van der Waals surface area contributed by atoms with E-state index in [9.17, 15) is 9.90 Å². The van der Waals surface area contributed by atoms with Gasteiger partial charge in [-0.3, -0.25) is 4.79 Å². The first-order valence-electron chi connectivity index (χ1n) is 7.69. The van der Waals surface area contributed by atoms with Gasteiger partial charge in [0.1, 0.15) is 0 Å². The smallest absolute Gasteiger partial charge is 0.191 e. The number of methoxy groups -OCH3 is 1. The lowest BCUT2D eigenvalue weighted by molar-refractivity contribution is 0.104. The zero-order chi connectivity index (χ0) is 17.2. The lowest BCUT2D eigenvalue weighted by Gasteiger charge is -2.11. The first-order chi connectivity index (χ1) is 11.0. The highest BCUT2D eigenvalue weighted by atomic mass is 79.9. The van der Waals surface area contributed by atoms with Crippen molar-refractivity contribution in [1.29, 1.82) is 0 Å². The Bertz CT molecular complexity index is 582. The zero-order valence-electron chi connectivity index (χ0n) is 13.7. The Hall–Kier alpha value is -1.75. The van der Waals surface area contributed by atoms with E-state index in [0.717, 1.165) is 31.5 Å². The number of aromatic hydroxyl groups is 1. The van der Waals surface area contributed by atoms with Crippen molar-refractivity contribution in [2.24, 2.45) is 0 Å². The quantitative estimate of drug-likeness (QED) is 0.269. The Labute approximate surface area is 146 Å². The van der Waals surface area contributed by atoms with Crippen LogP contribution in [0.4, 0.5) is 0 Å². The van der Waals surface area contributed by atoms with Crippen LogP contribution in [0.5, 0.6) is 11.5 Å². The number of benzene rings is 1. The average Bonchev–Trinajstić information content (AvgIpc) is 2.54. The molecule has 0 spiro atoms. The Morgan fingerprint density at radius 1 is 1.48 bits per heavy atom. The lowest BCUT2D eigenvalue weighted by Crippen LogP contribution is -2.16. The number of hydrogen-bond acceptors (Lipinski definition) is 4. The molecule has 0 atom stereocenters. The molecule has 1 aromatic rings. The molecule has 0 aliphatic heterocycles. The molecule has 0 saturated heterocycles. The molecule has 0 aliphatic rings. The van der Waals surface area contributed by atoms with Gasteiger partial charge in [-0.1, -0.05) is 35.4 Å². The Morgan fingerprint density at radius 3 is 2.83 bits per heavy atom. The van der Waals surface area contributed by atoms with Crippen LogP contribution in [0.25, 0.3) is 0 Å². The third-order valence-electron chi connectivity index (χ3n) is 3.33. The van der Waals surface area contributed by atoms with E-state index in [4.69, 9.17) is 4.74 Å². The minimum absolute atomic E-state index is 0.145. The second-order valence-electron chi connectivity index (χ2n) is 5.15. The summed E-state index contributed by atoms with van der Waals surface area (Å²) in [5.41, 5.74) is 1.06. The maximum Gasteiger partial charge on any atom is 0.191 e. The van der Waals surface area contributed by atoms with Gasteiger partial charge in [0, 0.05) is 22.8 Å². The number of allylic oxidation sites excluding steroid dienone is 3. The molecular formula is C18H24BrNO3. The number of phenolic OH excluding ortho intramolecular Hbond substituents is 1. The topological polar surface area (TPSA) is 58.6 Å². The second-order valence-corrected chi connectivity index (χ2v) is 6.06. The molecule has 2 N–H and O–H groups in total. The predicted molar refractivity (Wildman–Crippen MR) is 97.1 cm³/mol. The van der Waals surface area contributed by atoms with Crippen molar-refractivity contribution in [3.63, 3.8) is 0 Å². The van der Waals surface area contributed by atoms with Crippen molar-refractivity contribution < 1.29 is 14.6 Å². The summed E-state index contributed by atoms with van der Waals surface area (Å²) < 4.78 is 5.76. The predicted octanol–water partition coefficient (Wildman–Crippen LogP) is 4.59. The molecule has 126 valence electrons. The highest BCUT2D eigenvalue weighted by molar-refractivity contribution is 9.10. The third-order valence-corrected chi connectivity index (χ3v) is 3.79. The number of carbonyl (C=O) groups is 1. The summed E-state index contributed by atoms with van der Waals surface area (Å²) in [6, 6.07) is 3.21. The molecule has 0 aromatic heterocycles. The van der Waals surface area contributed by atoms with Gasteiger partial charge in [-0.15, -0.1) is 6.58 Å². The molecule has 1 aromatic carbocycles. The van der Waals surface area contributed by atoms with Crippen LogP contribution in [0.15, 0.2) is 41.0 Å². The SMILES string of the molecule is C=CCC/C(=C/C(=O)c1cc(Br)cc(OC)c1O)NCCCC. The molecule has 0 saturated carbocycles. The van der Waals surface area contributed by atoms with E-state index in [0.29, 0.717) is 10.9 Å². The maximum atomic E-state index is 12.5. The number of unbranched alkanes of at least 4 members (excludes halogenated alkanes) is 1. The van der Waals surface area contributed by atoms with E-state index >= 15 is 0 Å². The Balaban J connectivity index is 3.03. The number of ether oxygens (including phenoxy) is 1. The maximum absolute atomic E-state index is 12.5. The van der Waals surface area contributed by atoms with Crippen LogP contribution in [0, 0.1) is 0 Å². The molecule has 0 amide bonds. The van der Waals surface area contributed by atoms with Gasteiger partial charge in [-0.2, -0.15) is 0 Å². The number of ketones is 1. The molecule has 0 aliphatic carbocycles. The van der Waals surface area contributed by atoms with Crippen molar-refractivity contribution in [1.82, 2.24) is 5.32 Å². The normalized spacial score (nSPS) is 11.2. The summed E-state index contributed by atoms with van der Waals surface area (Å²) in [5.74, 6) is -0.138. The van der Waals surface area contributed by atoms with Crippen LogP contribution in [-0.4, -0.2) is 24.5 Å². The van der Waals surface area contributed by atoms with Crippen molar-refractivity contribution in [3.8, 4) is 11.5 Å². The fraction of sp³-hybridized carbons (Fsp3) is 0.389. The molecule has 0 fully saturated rings. The highest BCUT2D eigenvalue weighted by Gasteiger charge is 2.15. The average molecular weight is 382 g/mol. The molecule has 0 unspecified atom stereocenters. The lowest BCUT2D eigenvalue weighted by atomic mass is 10.1. The number of phenols is 1. The third kappa shape index (κ3) is 6.10. The molecule has 23 heavy (non-hydrogen) atoms. The van der Waals surface area contributed by atoms with Gasteiger partial charge in [0.15, 0.2) is 17.3 Å². The van der Waals surface area contributed by atoms with E-state index in [1.807, 2.05) is 6.08 Å². The van der Waals surface area contributed by atoms with Crippen LogP contribution in [0.1, 0.15) is 43.0 Å². The van der Waals surface area contributed by atoms with Crippen molar-refractivity contribution in [3.05, 3.63) is 46.6 Å². The summed E-state index contributed by atoms with van der Waals surface area (Å²) in [6.45, 7) is 6.65. The summed E-state index contributed by atoms with van der Waals surface area (Å²) in [7, 11) is 1.45. The molecular weight excluding hydrogens is 358 g/mol. The van der Waals surface area contributed by atoms with Gasteiger partial charge in [0.05, 0.1) is 12.7 Å². The fourth-order valence-electron chi connectivity index (χ4n) is 2.05. The van der Waals surface area contributed by atoms with Gasteiger partial charge in [-0.25, -0.2) is 0 Å². The monoisotopic (exact) mass is 381 g/mol.